The number of thioether (sulfide) groups is 1. The lowest BCUT2D eigenvalue weighted by molar-refractivity contribution is 1.26. The van der Waals surface area contributed by atoms with Gasteiger partial charge in [0.15, 0.2) is 0 Å². The minimum Gasteiger partial charge on any atom is -0.262 e. The lowest BCUT2D eigenvalue weighted by atomic mass is 10.4. The summed E-state index contributed by atoms with van der Waals surface area (Å²) in [5.74, 6) is 1.22. The van der Waals surface area contributed by atoms with Gasteiger partial charge in [-0.25, -0.2) is 4.99 Å². The number of aliphatic imine (C=N–C) groups is 1. The van der Waals surface area contributed by atoms with Gasteiger partial charge in [-0.2, -0.15) is 0 Å². The summed E-state index contributed by atoms with van der Waals surface area (Å²) in [6.45, 7) is 0. The van der Waals surface area contributed by atoms with E-state index in [1.54, 1.807) is 12.4 Å². The van der Waals surface area contributed by atoms with Gasteiger partial charge in [-0.1, -0.05) is 0 Å². The molecule has 1 aliphatic rings. The van der Waals surface area contributed by atoms with E-state index in [1.165, 1.54) is 10.8 Å². The Morgan fingerprint density at radius 3 is 3.00 bits per heavy atom. The van der Waals surface area contributed by atoms with Crippen LogP contribution in [0.15, 0.2) is 29.5 Å². The molecule has 2 heterocycles. The fraction of sp³-hybridized carbons (Fsp3) is 0.250. The molecule has 11 heavy (non-hydrogen) atoms. The van der Waals surface area contributed by atoms with Crippen molar-refractivity contribution in [2.45, 2.75) is 6.42 Å². The van der Waals surface area contributed by atoms with Crippen LogP contribution < -0.4 is 0 Å². The van der Waals surface area contributed by atoms with E-state index in [1.807, 2.05) is 23.9 Å². The SMILES string of the molecule is c1cncc(N=C2CCS2)c1. The summed E-state index contributed by atoms with van der Waals surface area (Å²) in [7, 11) is 0. The van der Waals surface area contributed by atoms with E-state index in [-0.39, 0.29) is 0 Å². The van der Waals surface area contributed by atoms with E-state index in [9.17, 15) is 0 Å². The average Bonchev–Trinajstić information content (AvgIpc) is 1.99. The molecule has 0 atom stereocenters. The Balaban J connectivity index is 2.17. The van der Waals surface area contributed by atoms with Crippen molar-refractivity contribution in [2.75, 3.05) is 5.75 Å². The average molecular weight is 164 g/mol. The summed E-state index contributed by atoms with van der Waals surface area (Å²) < 4.78 is 0. The Morgan fingerprint density at radius 2 is 2.45 bits per heavy atom. The molecule has 1 aliphatic heterocycles. The number of nitrogens with zero attached hydrogens (tertiary/aromatic N) is 2. The molecule has 0 radical (unpaired) electrons. The standard InChI is InChI=1S/C8H8N2S/c1-2-7(6-9-4-1)10-8-3-5-11-8/h1-2,4,6H,3,5H2. The Morgan fingerprint density at radius 1 is 1.55 bits per heavy atom. The van der Waals surface area contributed by atoms with Crippen LogP contribution in [0.1, 0.15) is 6.42 Å². The molecular formula is C8H8N2S. The monoisotopic (exact) mass is 164 g/mol. The third-order valence-corrected chi connectivity index (χ3v) is 2.52. The predicted molar refractivity (Wildman–Crippen MR) is 48.4 cm³/mol. The molecule has 0 unspecified atom stereocenters. The molecule has 1 aromatic rings. The van der Waals surface area contributed by atoms with Crippen LogP contribution in [-0.4, -0.2) is 15.8 Å². The first-order valence-electron chi connectivity index (χ1n) is 3.55. The minimum atomic E-state index is 0.967. The van der Waals surface area contributed by atoms with E-state index in [4.69, 9.17) is 0 Å². The van der Waals surface area contributed by atoms with Gasteiger partial charge in [0, 0.05) is 18.4 Å². The molecule has 0 N–H and O–H groups in total. The van der Waals surface area contributed by atoms with Crippen LogP contribution in [-0.2, 0) is 0 Å². The van der Waals surface area contributed by atoms with Crippen LogP contribution in [0.4, 0.5) is 5.69 Å². The van der Waals surface area contributed by atoms with Gasteiger partial charge in [-0.05, 0) is 12.1 Å². The second-order valence-electron chi connectivity index (χ2n) is 2.32. The Hall–Kier alpha value is -0.830. The van der Waals surface area contributed by atoms with Gasteiger partial charge in [0.1, 0.15) is 0 Å². The number of rotatable bonds is 1. The summed E-state index contributed by atoms with van der Waals surface area (Å²) in [4.78, 5) is 8.36. The maximum Gasteiger partial charge on any atom is 0.0822 e. The molecule has 2 nitrogen and oxygen atoms in total. The van der Waals surface area contributed by atoms with E-state index in [0.717, 1.165) is 12.1 Å². The highest BCUT2D eigenvalue weighted by atomic mass is 32.2. The summed E-state index contributed by atoms with van der Waals surface area (Å²) in [5, 5.41) is 1.23. The van der Waals surface area contributed by atoms with Gasteiger partial charge in [0.05, 0.1) is 16.9 Å². The summed E-state index contributed by atoms with van der Waals surface area (Å²) >= 11 is 1.82. The molecule has 1 saturated heterocycles. The second-order valence-corrected chi connectivity index (χ2v) is 3.48. The number of hydrogen-bond donors (Lipinski definition) is 0. The van der Waals surface area contributed by atoms with Crippen LogP contribution in [0.5, 0.6) is 0 Å². The lowest BCUT2D eigenvalue weighted by Gasteiger charge is -2.12. The zero-order valence-electron chi connectivity index (χ0n) is 6.03. The molecule has 1 aromatic heterocycles. The van der Waals surface area contributed by atoms with Crippen molar-refractivity contribution in [1.82, 2.24) is 4.98 Å². The van der Waals surface area contributed by atoms with E-state index in [0.29, 0.717) is 0 Å². The van der Waals surface area contributed by atoms with Crippen molar-refractivity contribution in [1.29, 1.82) is 0 Å². The highest BCUT2D eigenvalue weighted by Gasteiger charge is 2.10. The number of aromatic nitrogens is 1. The lowest BCUT2D eigenvalue weighted by Crippen LogP contribution is -2.06. The first-order valence-corrected chi connectivity index (χ1v) is 4.54. The highest BCUT2D eigenvalue weighted by molar-refractivity contribution is 8.15. The van der Waals surface area contributed by atoms with Gasteiger partial charge in [0.25, 0.3) is 0 Å². The van der Waals surface area contributed by atoms with Crippen LogP contribution in [0, 0.1) is 0 Å². The maximum absolute atomic E-state index is 4.38. The molecule has 0 spiro atoms. The van der Waals surface area contributed by atoms with Crippen LogP contribution in [0.2, 0.25) is 0 Å². The molecule has 0 bridgehead atoms. The van der Waals surface area contributed by atoms with Gasteiger partial charge < -0.3 is 0 Å². The van der Waals surface area contributed by atoms with Crippen molar-refractivity contribution in [3.05, 3.63) is 24.5 Å². The highest BCUT2D eigenvalue weighted by Crippen LogP contribution is 2.24. The number of pyridine rings is 1. The Labute approximate surface area is 69.8 Å². The third-order valence-electron chi connectivity index (χ3n) is 1.48. The van der Waals surface area contributed by atoms with Gasteiger partial charge in [0.2, 0.25) is 0 Å². The zero-order valence-corrected chi connectivity index (χ0v) is 6.84. The molecule has 3 heteroatoms. The summed E-state index contributed by atoms with van der Waals surface area (Å²) in [6.07, 6.45) is 4.68. The topological polar surface area (TPSA) is 25.2 Å². The van der Waals surface area contributed by atoms with Gasteiger partial charge in [-0.3, -0.25) is 4.98 Å². The Kier molecular flexibility index (Phi) is 1.90. The quantitative estimate of drug-likeness (QED) is 0.636. The van der Waals surface area contributed by atoms with Gasteiger partial charge in [-0.15, -0.1) is 11.8 Å². The van der Waals surface area contributed by atoms with E-state index >= 15 is 0 Å². The first kappa shape index (κ1) is 6.85. The largest absolute Gasteiger partial charge is 0.262 e. The molecule has 0 aliphatic carbocycles. The molecule has 0 aromatic carbocycles. The Bertz CT molecular complexity index is 263. The molecule has 2 rings (SSSR count). The molecule has 1 fully saturated rings. The van der Waals surface area contributed by atoms with E-state index < -0.39 is 0 Å². The smallest absolute Gasteiger partial charge is 0.0822 e. The zero-order chi connectivity index (χ0) is 7.52. The summed E-state index contributed by atoms with van der Waals surface area (Å²) in [5.41, 5.74) is 0.967. The van der Waals surface area contributed by atoms with Crippen molar-refractivity contribution in [2.24, 2.45) is 4.99 Å². The van der Waals surface area contributed by atoms with Crippen molar-refractivity contribution in [3.8, 4) is 0 Å². The summed E-state index contributed by atoms with van der Waals surface area (Å²) in [6, 6.07) is 3.88. The minimum absolute atomic E-state index is 0.967. The van der Waals surface area contributed by atoms with Crippen LogP contribution >= 0.6 is 11.8 Å². The van der Waals surface area contributed by atoms with Crippen molar-refractivity contribution >= 4 is 22.5 Å². The van der Waals surface area contributed by atoms with Crippen LogP contribution in [0.25, 0.3) is 0 Å². The van der Waals surface area contributed by atoms with Crippen LogP contribution in [0.3, 0.4) is 0 Å². The van der Waals surface area contributed by atoms with Crippen molar-refractivity contribution in [3.63, 3.8) is 0 Å². The fourth-order valence-corrected chi connectivity index (χ4v) is 1.40. The van der Waals surface area contributed by atoms with Gasteiger partial charge >= 0.3 is 0 Å². The normalized spacial score (nSPS) is 19.8. The molecule has 0 saturated carbocycles. The van der Waals surface area contributed by atoms with E-state index in [2.05, 4.69) is 9.98 Å². The molecule has 56 valence electrons. The molecular weight excluding hydrogens is 156 g/mol. The third kappa shape index (κ3) is 1.60. The number of hydrogen-bond acceptors (Lipinski definition) is 3. The van der Waals surface area contributed by atoms with Crippen molar-refractivity contribution < 1.29 is 0 Å². The predicted octanol–water partition coefficient (Wildman–Crippen LogP) is 2.25. The first-order chi connectivity index (χ1) is 5.45. The molecule has 0 amide bonds. The second kappa shape index (κ2) is 3.05. The fourth-order valence-electron chi connectivity index (χ4n) is 0.845. The maximum atomic E-state index is 4.38.